The van der Waals surface area contributed by atoms with E-state index >= 15 is 0 Å². The Kier molecular flexibility index (Phi) is 4.14. The van der Waals surface area contributed by atoms with Crippen molar-refractivity contribution in [3.8, 4) is 0 Å². The third kappa shape index (κ3) is 3.05. The lowest BCUT2D eigenvalue weighted by Crippen LogP contribution is -2.26. The number of nitrogens with one attached hydrogen (secondary N) is 1. The molecule has 0 fully saturated rings. The van der Waals surface area contributed by atoms with Crippen molar-refractivity contribution in [1.82, 2.24) is 14.7 Å². The van der Waals surface area contributed by atoms with Crippen LogP contribution in [0.1, 0.15) is 17.5 Å². The highest BCUT2D eigenvalue weighted by molar-refractivity contribution is 7.15. The van der Waals surface area contributed by atoms with Gasteiger partial charge >= 0.3 is 0 Å². The van der Waals surface area contributed by atoms with Gasteiger partial charge in [0.15, 0.2) is 4.96 Å². The van der Waals surface area contributed by atoms with Gasteiger partial charge in [-0.1, -0.05) is 0 Å². The van der Waals surface area contributed by atoms with Crippen LogP contribution in [0, 0.1) is 0 Å². The van der Waals surface area contributed by atoms with E-state index in [2.05, 4.69) is 10.3 Å². The molecule has 0 bridgehead atoms. The molecule has 0 spiro atoms. The number of furan rings is 1. The summed E-state index contributed by atoms with van der Waals surface area (Å²) in [4.78, 5) is 17.1. The molecule has 0 aromatic carbocycles. The zero-order chi connectivity index (χ0) is 14.7. The molecule has 3 rings (SSSR count). The predicted octanol–water partition coefficient (Wildman–Crippen LogP) is 1.83. The first-order chi connectivity index (χ1) is 10.3. The van der Waals surface area contributed by atoms with E-state index in [9.17, 15) is 4.79 Å². The number of aromatic nitrogens is 2. The second-order valence-corrected chi connectivity index (χ2v) is 5.42. The highest BCUT2D eigenvalue weighted by Gasteiger charge is 2.14. The van der Waals surface area contributed by atoms with Gasteiger partial charge in [0, 0.05) is 31.3 Å². The molecule has 3 heterocycles. The molecule has 0 amide bonds. The first kappa shape index (κ1) is 14.0. The van der Waals surface area contributed by atoms with Crippen LogP contribution in [0.2, 0.25) is 0 Å². The third-order valence-corrected chi connectivity index (χ3v) is 3.86. The Morgan fingerprint density at radius 3 is 3.24 bits per heavy atom. The van der Waals surface area contributed by atoms with Crippen LogP contribution in [0.3, 0.4) is 0 Å². The summed E-state index contributed by atoms with van der Waals surface area (Å²) in [7, 11) is 1.64. The van der Waals surface area contributed by atoms with E-state index in [1.54, 1.807) is 25.6 Å². The summed E-state index contributed by atoms with van der Waals surface area (Å²) in [5.41, 5.74) is 0.634. The van der Waals surface area contributed by atoms with Gasteiger partial charge in [-0.15, -0.1) is 11.3 Å². The molecule has 6 nitrogen and oxygen atoms in total. The molecule has 110 valence electrons. The van der Waals surface area contributed by atoms with Crippen LogP contribution in [-0.4, -0.2) is 23.1 Å². The van der Waals surface area contributed by atoms with Crippen molar-refractivity contribution in [2.75, 3.05) is 13.7 Å². The fourth-order valence-corrected chi connectivity index (χ4v) is 2.84. The smallest absolute Gasteiger partial charge is 0.258 e. The molecule has 3 aromatic heterocycles. The maximum absolute atomic E-state index is 11.9. The molecule has 0 saturated heterocycles. The van der Waals surface area contributed by atoms with Crippen molar-refractivity contribution in [2.45, 2.75) is 12.6 Å². The van der Waals surface area contributed by atoms with E-state index in [1.165, 1.54) is 15.7 Å². The van der Waals surface area contributed by atoms with Crippen LogP contribution in [0.4, 0.5) is 0 Å². The van der Waals surface area contributed by atoms with E-state index in [-0.39, 0.29) is 11.6 Å². The molecule has 0 aliphatic carbocycles. The molecule has 0 aliphatic heterocycles. The van der Waals surface area contributed by atoms with Crippen molar-refractivity contribution in [3.05, 3.63) is 57.8 Å². The lowest BCUT2D eigenvalue weighted by atomic mass is 10.2. The van der Waals surface area contributed by atoms with Crippen molar-refractivity contribution in [1.29, 1.82) is 0 Å². The SMILES string of the molecule is COC[C@H](NCc1cc(=O)n2ccsc2n1)c1ccco1. The number of thiazole rings is 1. The zero-order valence-electron chi connectivity index (χ0n) is 11.5. The number of nitrogens with zero attached hydrogens (tertiary/aromatic N) is 2. The monoisotopic (exact) mass is 305 g/mol. The summed E-state index contributed by atoms with van der Waals surface area (Å²) in [5.74, 6) is 0.797. The Balaban J connectivity index is 1.76. The van der Waals surface area contributed by atoms with Crippen LogP contribution in [0.15, 0.2) is 45.3 Å². The van der Waals surface area contributed by atoms with Gasteiger partial charge in [-0.2, -0.15) is 0 Å². The zero-order valence-corrected chi connectivity index (χ0v) is 12.3. The fraction of sp³-hybridized carbons (Fsp3) is 0.286. The Bertz CT molecular complexity index is 763. The summed E-state index contributed by atoms with van der Waals surface area (Å²) < 4.78 is 12.1. The Hall–Kier alpha value is -1.96. The second-order valence-electron chi connectivity index (χ2n) is 4.55. The van der Waals surface area contributed by atoms with Crippen LogP contribution >= 0.6 is 11.3 Å². The molecule has 0 radical (unpaired) electrons. The molecule has 1 N–H and O–H groups in total. The number of ether oxygens (including phenoxy) is 1. The van der Waals surface area contributed by atoms with E-state index in [1.807, 2.05) is 17.5 Å². The Morgan fingerprint density at radius 2 is 2.48 bits per heavy atom. The van der Waals surface area contributed by atoms with Crippen molar-refractivity contribution >= 4 is 16.3 Å². The van der Waals surface area contributed by atoms with E-state index in [4.69, 9.17) is 9.15 Å². The van der Waals surface area contributed by atoms with Gasteiger partial charge < -0.3 is 9.15 Å². The molecule has 0 saturated carbocycles. The van der Waals surface area contributed by atoms with Crippen LogP contribution in [0.25, 0.3) is 4.96 Å². The molecule has 21 heavy (non-hydrogen) atoms. The average molecular weight is 305 g/mol. The van der Waals surface area contributed by atoms with Crippen molar-refractivity contribution in [2.24, 2.45) is 0 Å². The Labute approximate surface area is 125 Å². The summed E-state index contributed by atoms with van der Waals surface area (Å²) in [6, 6.07) is 5.19. The number of fused-ring (bicyclic) bond motifs is 1. The van der Waals surface area contributed by atoms with Gasteiger partial charge in [0.1, 0.15) is 5.76 Å². The van der Waals surface area contributed by atoms with Crippen molar-refractivity contribution in [3.63, 3.8) is 0 Å². The maximum atomic E-state index is 11.9. The van der Waals surface area contributed by atoms with E-state index in [0.717, 1.165) is 5.76 Å². The van der Waals surface area contributed by atoms with Gasteiger partial charge in [-0.25, -0.2) is 4.98 Å². The fourth-order valence-electron chi connectivity index (χ4n) is 2.10. The quantitative estimate of drug-likeness (QED) is 0.752. The van der Waals surface area contributed by atoms with E-state index < -0.39 is 0 Å². The third-order valence-electron chi connectivity index (χ3n) is 3.11. The first-order valence-electron chi connectivity index (χ1n) is 6.49. The first-order valence-corrected chi connectivity index (χ1v) is 7.37. The Morgan fingerprint density at radius 1 is 1.57 bits per heavy atom. The topological polar surface area (TPSA) is 68.8 Å². The summed E-state index contributed by atoms with van der Waals surface area (Å²) in [6.45, 7) is 0.951. The van der Waals surface area contributed by atoms with E-state index in [0.29, 0.717) is 23.8 Å². The van der Waals surface area contributed by atoms with Gasteiger partial charge in [0.2, 0.25) is 0 Å². The molecule has 1 atom stereocenters. The molecular weight excluding hydrogens is 290 g/mol. The maximum Gasteiger partial charge on any atom is 0.258 e. The van der Waals surface area contributed by atoms with Crippen LogP contribution in [-0.2, 0) is 11.3 Å². The van der Waals surface area contributed by atoms with Crippen LogP contribution < -0.4 is 10.9 Å². The predicted molar refractivity (Wildman–Crippen MR) is 79.5 cm³/mol. The largest absolute Gasteiger partial charge is 0.468 e. The lowest BCUT2D eigenvalue weighted by Gasteiger charge is -2.15. The van der Waals surface area contributed by atoms with Gasteiger partial charge in [0.05, 0.1) is 24.6 Å². The summed E-state index contributed by atoms with van der Waals surface area (Å²) in [5, 5.41) is 5.14. The molecular formula is C14H15N3O3S. The normalized spacial score (nSPS) is 12.8. The van der Waals surface area contributed by atoms with Crippen molar-refractivity contribution < 1.29 is 9.15 Å². The number of hydrogen-bond acceptors (Lipinski definition) is 6. The van der Waals surface area contributed by atoms with Gasteiger partial charge in [-0.05, 0) is 12.1 Å². The standard InChI is InChI=1S/C14H15N3O3S/c1-19-9-11(12-3-2-5-20-12)15-8-10-7-13(18)17-4-6-21-14(17)16-10/h2-7,11,15H,8-9H2,1H3/t11-/m0/s1. The van der Waals surface area contributed by atoms with Crippen LogP contribution in [0.5, 0.6) is 0 Å². The number of rotatable bonds is 6. The van der Waals surface area contributed by atoms with Gasteiger partial charge in [0.25, 0.3) is 5.56 Å². The molecule has 3 aromatic rings. The average Bonchev–Trinajstić information content (AvgIpc) is 3.14. The minimum Gasteiger partial charge on any atom is -0.468 e. The van der Waals surface area contributed by atoms with Gasteiger partial charge in [-0.3, -0.25) is 14.5 Å². The second kappa shape index (κ2) is 6.21. The number of methoxy groups -OCH3 is 1. The lowest BCUT2D eigenvalue weighted by molar-refractivity contribution is 0.156. The molecule has 0 aliphatic rings. The molecule has 0 unspecified atom stereocenters. The summed E-state index contributed by atoms with van der Waals surface area (Å²) in [6.07, 6.45) is 3.35. The minimum absolute atomic E-state index is 0.0701. The minimum atomic E-state index is -0.0754. The molecule has 7 heteroatoms. The number of hydrogen-bond donors (Lipinski definition) is 1. The highest BCUT2D eigenvalue weighted by Crippen LogP contribution is 2.14. The summed E-state index contributed by atoms with van der Waals surface area (Å²) >= 11 is 1.44. The highest BCUT2D eigenvalue weighted by atomic mass is 32.1.